The molecule has 0 unspecified atom stereocenters. The Bertz CT molecular complexity index is 713. The SMILES string of the molecule is COc1ccc(CN2Cc3c(ccnc3Cl)OC3(CC3)C2)cc1. The van der Waals surface area contributed by atoms with Gasteiger partial charge in [0.05, 0.1) is 7.11 Å². The number of nitrogens with zero attached hydrogens (tertiary/aromatic N) is 2. The summed E-state index contributed by atoms with van der Waals surface area (Å²) in [6, 6.07) is 10.1. The van der Waals surface area contributed by atoms with E-state index in [-0.39, 0.29) is 5.60 Å². The molecule has 0 radical (unpaired) electrons. The molecule has 1 aliphatic heterocycles. The molecule has 2 heterocycles. The van der Waals surface area contributed by atoms with Crippen LogP contribution in [0.3, 0.4) is 0 Å². The minimum absolute atomic E-state index is 0.0393. The summed E-state index contributed by atoms with van der Waals surface area (Å²) in [5.74, 6) is 1.77. The van der Waals surface area contributed by atoms with Crippen LogP contribution in [0.4, 0.5) is 0 Å². The summed E-state index contributed by atoms with van der Waals surface area (Å²) in [7, 11) is 1.68. The molecule has 1 aromatic heterocycles. The molecule has 1 fully saturated rings. The number of rotatable bonds is 3. The molecule has 0 bridgehead atoms. The van der Waals surface area contributed by atoms with E-state index < -0.39 is 0 Å². The second-order valence-electron chi connectivity index (χ2n) is 6.36. The molecule has 0 N–H and O–H groups in total. The van der Waals surface area contributed by atoms with Crippen molar-refractivity contribution in [3.05, 3.63) is 52.8 Å². The fourth-order valence-corrected chi connectivity index (χ4v) is 3.35. The summed E-state index contributed by atoms with van der Waals surface area (Å²) in [5, 5.41) is 0.542. The van der Waals surface area contributed by atoms with Gasteiger partial charge in [0.1, 0.15) is 22.3 Å². The average Bonchev–Trinajstić information content (AvgIpc) is 3.33. The molecule has 2 aromatic rings. The molecule has 120 valence electrons. The number of methoxy groups -OCH3 is 1. The van der Waals surface area contributed by atoms with E-state index in [2.05, 4.69) is 22.0 Å². The fourth-order valence-electron chi connectivity index (χ4n) is 3.14. The van der Waals surface area contributed by atoms with Crippen molar-refractivity contribution >= 4 is 11.6 Å². The Kier molecular flexibility index (Phi) is 3.66. The van der Waals surface area contributed by atoms with Crippen LogP contribution < -0.4 is 9.47 Å². The highest BCUT2D eigenvalue weighted by molar-refractivity contribution is 6.30. The van der Waals surface area contributed by atoms with Gasteiger partial charge in [-0.25, -0.2) is 4.98 Å². The topological polar surface area (TPSA) is 34.6 Å². The zero-order chi connectivity index (χ0) is 15.9. The van der Waals surface area contributed by atoms with Crippen molar-refractivity contribution in [2.45, 2.75) is 31.5 Å². The Hall–Kier alpha value is -1.78. The number of fused-ring (bicyclic) bond motifs is 1. The van der Waals surface area contributed by atoms with E-state index in [1.165, 1.54) is 5.56 Å². The number of ether oxygens (including phenoxy) is 2. The van der Waals surface area contributed by atoms with Gasteiger partial charge in [-0.1, -0.05) is 23.7 Å². The summed E-state index contributed by atoms with van der Waals surface area (Å²) < 4.78 is 11.5. The van der Waals surface area contributed by atoms with Gasteiger partial charge in [0.2, 0.25) is 0 Å². The Morgan fingerprint density at radius 3 is 2.74 bits per heavy atom. The molecule has 1 saturated carbocycles. The molecule has 5 heteroatoms. The maximum absolute atomic E-state index is 6.30. The lowest BCUT2D eigenvalue weighted by Gasteiger charge is -2.23. The largest absolute Gasteiger partial charge is 0.497 e. The maximum atomic E-state index is 6.30. The Morgan fingerprint density at radius 1 is 1.26 bits per heavy atom. The average molecular weight is 331 g/mol. The Morgan fingerprint density at radius 2 is 2.04 bits per heavy atom. The maximum Gasteiger partial charge on any atom is 0.137 e. The highest BCUT2D eigenvalue weighted by atomic mass is 35.5. The van der Waals surface area contributed by atoms with Gasteiger partial charge in [-0.05, 0) is 36.6 Å². The molecule has 2 aliphatic rings. The number of aromatic nitrogens is 1. The van der Waals surface area contributed by atoms with E-state index in [1.54, 1.807) is 13.3 Å². The minimum atomic E-state index is -0.0393. The molecule has 4 rings (SSSR count). The predicted octanol–water partition coefficient (Wildman–Crippen LogP) is 3.67. The molecular weight excluding hydrogens is 312 g/mol. The van der Waals surface area contributed by atoms with Crippen molar-refractivity contribution in [1.82, 2.24) is 9.88 Å². The number of benzene rings is 1. The summed E-state index contributed by atoms with van der Waals surface area (Å²) in [6.45, 7) is 2.54. The third-order valence-electron chi connectivity index (χ3n) is 4.55. The second kappa shape index (κ2) is 5.69. The van der Waals surface area contributed by atoms with Crippen LogP contribution in [0.15, 0.2) is 36.5 Å². The van der Waals surface area contributed by atoms with Gasteiger partial charge in [0.25, 0.3) is 0 Å². The molecule has 1 aliphatic carbocycles. The van der Waals surface area contributed by atoms with Crippen LogP contribution in [0, 0.1) is 0 Å². The molecule has 0 amide bonds. The lowest BCUT2D eigenvalue weighted by atomic mass is 10.1. The predicted molar refractivity (Wildman–Crippen MR) is 88.9 cm³/mol. The lowest BCUT2D eigenvalue weighted by Crippen LogP contribution is -2.34. The van der Waals surface area contributed by atoms with Crippen LogP contribution in [-0.4, -0.2) is 29.1 Å². The highest BCUT2D eigenvalue weighted by Gasteiger charge is 2.48. The zero-order valence-corrected chi connectivity index (χ0v) is 13.8. The van der Waals surface area contributed by atoms with Crippen LogP contribution in [0.5, 0.6) is 11.5 Å². The van der Waals surface area contributed by atoms with Crippen molar-refractivity contribution in [2.75, 3.05) is 13.7 Å². The van der Waals surface area contributed by atoms with Gasteiger partial charge in [0.15, 0.2) is 0 Å². The molecule has 0 saturated heterocycles. The minimum Gasteiger partial charge on any atom is -0.497 e. The smallest absolute Gasteiger partial charge is 0.137 e. The monoisotopic (exact) mass is 330 g/mol. The summed E-state index contributed by atoms with van der Waals surface area (Å²) in [6.07, 6.45) is 3.92. The van der Waals surface area contributed by atoms with Gasteiger partial charge < -0.3 is 9.47 Å². The molecule has 0 atom stereocenters. The first-order chi connectivity index (χ1) is 11.2. The van der Waals surface area contributed by atoms with Gasteiger partial charge in [-0.2, -0.15) is 0 Å². The highest BCUT2D eigenvalue weighted by Crippen LogP contribution is 2.45. The van der Waals surface area contributed by atoms with Crippen molar-refractivity contribution in [1.29, 1.82) is 0 Å². The van der Waals surface area contributed by atoms with Crippen LogP contribution in [0.1, 0.15) is 24.0 Å². The molecule has 23 heavy (non-hydrogen) atoms. The quantitative estimate of drug-likeness (QED) is 0.804. The number of hydrogen-bond acceptors (Lipinski definition) is 4. The molecule has 1 aromatic carbocycles. The van der Waals surface area contributed by atoms with Crippen LogP contribution in [0.2, 0.25) is 5.15 Å². The van der Waals surface area contributed by atoms with Crippen molar-refractivity contribution in [3.63, 3.8) is 0 Å². The normalized spacial score (nSPS) is 18.9. The number of halogens is 1. The Balaban J connectivity index is 1.59. The molecule has 1 spiro atoms. The standard InChI is InChI=1S/C18H19ClN2O2/c1-22-14-4-2-13(3-5-14)10-21-11-15-16(6-9-20-17(15)19)23-18(12-21)7-8-18/h2-6,9H,7-8,10-12H2,1H3. The van der Waals surface area contributed by atoms with E-state index in [0.29, 0.717) is 5.15 Å². The first-order valence-electron chi connectivity index (χ1n) is 7.85. The van der Waals surface area contributed by atoms with Crippen LogP contribution in [-0.2, 0) is 13.1 Å². The molecule has 4 nitrogen and oxygen atoms in total. The van der Waals surface area contributed by atoms with E-state index >= 15 is 0 Å². The van der Waals surface area contributed by atoms with Crippen molar-refractivity contribution < 1.29 is 9.47 Å². The fraction of sp³-hybridized carbons (Fsp3) is 0.389. The second-order valence-corrected chi connectivity index (χ2v) is 6.71. The third kappa shape index (κ3) is 3.01. The van der Waals surface area contributed by atoms with E-state index in [9.17, 15) is 0 Å². The number of hydrogen-bond donors (Lipinski definition) is 0. The van der Waals surface area contributed by atoms with Gasteiger partial charge in [-0.3, -0.25) is 4.90 Å². The van der Waals surface area contributed by atoms with Gasteiger partial charge in [-0.15, -0.1) is 0 Å². The van der Waals surface area contributed by atoms with Gasteiger partial charge in [0, 0.05) is 31.4 Å². The Labute approximate surface area is 141 Å². The summed E-state index contributed by atoms with van der Waals surface area (Å²) >= 11 is 6.30. The van der Waals surface area contributed by atoms with E-state index in [4.69, 9.17) is 21.1 Å². The zero-order valence-electron chi connectivity index (χ0n) is 13.1. The third-order valence-corrected chi connectivity index (χ3v) is 4.88. The van der Waals surface area contributed by atoms with Crippen LogP contribution >= 0.6 is 11.6 Å². The lowest BCUT2D eigenvalue weighted by molar-refractivity contribution is 0.123. The van der Waals surface area contributed by atoms with Crippen LogP contribution in [0.25, 0.3) is 0 Å². The summed E-state index contributed by atoms with van der Waals surface area (Å²) in [5.41, 5.74) is 2.21. The number of pyridine rings is 1. The first-order valence-corrected chi connectivity index (χ1v) is 8.23. The van der Waals surface area contributed by atoms with E-state index in [1.807, 2.05) is 18.2 Å². The summed E-state index contributed by atoms with van der Waals surface area (Å²) in [4.78, 5) is 6.61. The van der Waals surface area contributed by atoms with Crippen molar-refractivity contribution in [2.24, 2.45) is 0 Å². The first kappa shape index (κ1) is 14.8. The van der Waals surface area contributed by atoms with E-state index in [0.717, 1.165) is 49.5 Å². The molecular formula is C18H19ClN2O2. The van der Waals surface area contributed by atoms with Crippen molar-refractivity contribution in [3.8, 4) is 11.5 Å². The van der Waals surface area contributed by atoms with Gasteiger partial charge >= 0.3 is 0 Å².